The van der Waals surface area contributed by atoms with Gasteiger partial charge in [0.25, 0.3) is 0 Å². The minimum absolute atomic E-state index is 0.157. The molecule has 0 aliphatic heterocycles. The van der Waals surface area contributed by atoms with Crippen molar-refractivity contribution in [1.29, 1.82) is 0 Å². The van der Waals surface area contributed by atoms with Gasteiger partial charge in [-0.3, -0.25) is 0 Å². The van der Waals surface area contributed by atoms with Crippen molar-refractivity contribution >= 4 is 10.0 Å². The molecule has 1 aliphatic carbocycles. The van der Waals surface area contributed by atoms with Crippen molar-refractivity contribution in [2.75, 3.05) is 7.05 Å². The Bertz CT molecular complexity index is 558. The molecule has 1 saturated carbocycles. The molecule has 0 heterocycles. The summed E-state index contributed by atoms with van der Waals surface area (Å²) in [7, 11) is -1.62. The van der Waals surface area contributed by atoms with E-state index in [9.17, 15) is 8.42 Å². The van der Waals surface area contributed by atoms with Crippen LogP contribution in [0.4, 0.5) is 0 Å². The van der Waals surface area contributed by atoms with Crippen molar-refractivity contribution in [3.8, 4) is 0 Å². The summed E-state index contributed by atoms with van der Waals surface area (Å²) in [5.74, 6) is 0. The largest absolute Gasteiger partial charge is 0.243 e. The normalized spacial score (nSPS) is 18.2. The maximum Gasteiger partial charge on any atom is 0.243 e. The van der Waals surface area contributed by atoms with Crippen molar-refractivity contribution in [2.45, 2.75) is 63.3 Å². The molecule has 0 saturated heterocycles. The van der Waals surface area contributed by atoms with E-state index >= 15 is 0 Å². The highest BCUT2D eigenvalue weighted by Crippen LogP contribution is 2.26. The van der Waals surface area contributed by atoms with Crippen LogP contribution in [0, 0.1) is 13.8 Å². The summed E-state index contributed by atoms with van der Waals surface area (Å²) < 4.78 is 27.1. The zero-order chi connectivity index (χ0) is 14.8. The second kappa shape index (κ2) is 6.27. The molecule has 112 valence electrons. The lowest BCUT2D eigenvalue weighted by atomic mass is 10.1. The first-order valence-electron chi connectivity index (χ1n) is 7.48. The Morgan fingerprint density at radius 3 is 2.15 bits per heavy atom. The van der Waals surface area contributed by atoms with Gasteiger partial charge in [0.1, 0.15) is 0 Å². The quantitative estimate of drug-likeness (QED) is 0.798. The van der Waals surface area contributed by atoms with E-state index in [0.717, 1.165) is 36.8 Å². The SMILES string of the molecule is Cc1ccc(S(=O)(=O)N(C)C2CCCCCC2)cc1C. The summed E-state index contributed by atoms with van der Waals surface area (Å²) in [5, 5.41) is 0. The van der Waals surface area contributed by atoms with Crippen LogP contribution in [-0.4, -0.2) is 25.8 Å². The maximum atomic E-state index is 12.7. The number of hydrogen-bond acceptors (Lipinski definition) is 2. The topological polar surface area (TPSA) is 37.4 Å². The van der Waals surface area contributed by atoms with E-state index in [0.29, 0.717) is 4.90 Å². The molecular weight excluding hydrogens is 270 g/mol. The van der Waals surface area contributed by atoms with Gasteiger partial charge in [-0.15, -0.1) is 0 Å². The second-order valence-electron chi connectivity index (χ2n) is 5.91. The zero-order valence-corrected chi connectivity index (χ0v) is 13.5. The fourth-order valence-corrected chi connectivity index (χ4v) is 4.36. The molecule has 0 spiro atoms. The van der Waals surface area contributed by atoms with Crippen molar-refractivity contribution in [1.82, 2.24) is 4.31 Å². The number of sulfonamides is 1. The second-order valence-corrected chi connectivity index (χ2v) is 7.91. The van der Waals surface area contributed by atoms with E-state index in [4.69, 9.17) is 0 Å². The van der Waals surface area contributed by atoms with Crippen LogP contribution in [0.3, 0.4) is 0 Å². The molecule has 20 heavy (non-hydrogen) atoms. The molecule has 1 aromatic rings. The van der Waals surface area contributed by atoms with Crippen LogP contribution in [-0.2, 0) is 10.0 Å². The molecule has 4 heteroatoms. The molecule has 2 rings (SSSR count). The van der Waals surface area contributed by atoms with Gasteiger partial charge in [0, 0.05) is 13.1 Å². The molecule has 0 amide bonds. The molecular formula is C16H25NO2S. The number of benzene rings is 1. The Balaban J connectivity index is 2.26. The minimum atomic E-state index is -3.36. The molecule has 1 aromatic carbocycles. The fourth-order valence-electron chi connectivity index (χ4n) is 2.86. The average molecular weight is 295 g/mol. The lowest BCUT2D eigenvalue weighted by Crippen LogP contribution is -2.36. The number of hydrogen-bond donors (Lipinski definition) is 0. The summed E-state index contributed by atoms with van der Waals surface area (Å²) in [6.45, 7) is 3.96. The lowest BCUT2D eigenvalue weighted by molar-refractivity contribution is 0.335. The Morgan fingerprint density at radius 2 is 1.60 bits per heavy atom. The molecule has 1 aliphatic rings. The van der Waals surface area contributed by atoms with E-state index in [1.54, 1.807) is 23.5 Å². The molecule has 0 radical (unpaired) electrons. The first-order chi connectivity index (χ1) is 9.43. The minimum Gasteiger partial charge on any atom is -0.207 e. The summed E-state index contributed by atoms with van der Waals surface area (Å²) in [5.41, 5.74) is 2.15. The van der Waals surface area contributed by atoms with Gasteiger partial charge in [-0.1, -0.05) is 31.7 Å². The van der Waals surface area contributed by atoms with Crippen LogP contribution in [0.2, 0.25) is 0 Å². The van der Waals surface area contributed by atoms with E-state index in [1.165, 1.54) is 12.8 Å². The van der Waals surface area contributed by atoms with Crippen molar-refractivity contribution < 1.29 is 8.42 Å². The molecule has 1 fully saturated rings. The Morgan fingerprint density at radius 1 is 1.00 bits per heavy atom. The molecule has 0 N–H and O–H groups in total. The van der Waals surface area contributed by atoms with Gasteiger partial charge in [-0.05, 0) is 49.9 Å². The smallest absolute Gasteiger partial charge is 0.207 e. The van der Waals surface area contributed by atoms with Crippen LogP contribution in [0.25, 0.3) is 0 Å². The van der Waals surface area contributed by atoms with E-state index in [-0.39, 0.29) is 6.04 Å². The highest BCUT2D eigenvalue weighted by Gasteiger charge is 2.28. The van der Waals surface area contributed by atoms with Crippen LogP contribution in [0.1, 0.15) is 49.7 Å². The van der Waals surface area contributed by atoms with E-state index < -0.39 is 10.0 Å². The third-order valence-corrected chi connectivity index (χ3v) is 6.40. The number of aryl methyl sites for hydroxylation is 2. The summed E-state index contributed by atoms with van der Waals surface area (Å²) in [4.78, 5) is 0.423. The predicted molar refractivity (Wildman–Crippen MR) is 82.4 cm³/mol. The maximum absolute atomic E-state index is 12.7. The fraction of sp³-hybridized carbons (Fsp3) is 0.625. The lowest BCUT2D eigenvalue weighted by Gasteiger charge is -2.26. The third-order valence-electron chi connectivity index (χ3n) is 4.49. The van der Waals surface area contributed by atoms with Gasteiger partial charge in [-0.2, -0.15) is 4.31 Å². The zero-order valence-electron chi connectivity index (χ0n) is 12.7. The van der Waals surface area contributed by atoms with Crippen LogP contribution in [0.15, 0.2) is 23.1 Å². The van der Waals surface area contributed by atoms with E-state index in [2.05, 4.69) is 0 Å². The summed E-state index contributed by atoms with van der Waals surface area (Å²) in [6.07, 6.45) is 6.71. The third kappa shape index (κ3) is 3.23. The van der Waals surface area contributed by atoms with Crippen molar-refractivity contribution in [2.24, 2.45) is 0 Å². The molecule has 0 bridgehead atoms. The Hall–Kier alpha value is -0.870. The van der Waals surface area contributed by atoms with Gasteiger partial charge in [0.2, 0.25) is 10.0 Å². The Kier molecular flexibility index (Phi) is 4.86. The first-order valence-corrected chi connectivity index (χ1v) is 8.92. The number of nitrogens with zero attached hydrogens (tertiary/aromatic N) is 1. The summed E-state index contributed by atoms with van der Waals surface area (Å²) >= 11 is 0. The van der Waals surface area contributed by atoms with Gasteiger partial charge < -0.3 is 0 Å². The molecule has 0 atom stereocenters. The van der Waals surface area contributed by atoms with Crippen LogP contribution in [0.5, 0.6) is 0 Å². The molecule has 0 unspecified atom stereocenters. The van der Waals surface area contributed by atoms with Gasteiger partial charge in [0.15, 0.2) is 0 Å². The van der Waals surface area contributed by atoms with Crippen LogP contribution < -0.4 is 0 Å². The number of rotatable bonds is 3. The van der Waals surface area contributed by atoms with Gasteiger partial charge in [0.05, 0.1) is 4.90 Å². The van der Waals surface area contributed by atoms with Crippen molar-refractivity contribution in [3.63, 3.8) is 0 Å². The molecule has 3 nitrogen and oxygen atoms in total. The van der Waals surface area contributed by atoms with Crippen molar-refractivity contribution in [3.05, 3.63) is 29.3 Å². The predicted octanol–water partition coefficient (Wildman–Crippen LogP) is 3.65. The monoisotopic (exact) mass is 295 g/mol. The highest BCUT2D eigenvalue weighted by molar-refractivity contribution is 7.89. The van der Waals surface area contributed by atoms with Crippen LogP contribution >= 0.6 is 0 Å². The van der Waals surface area contributed by atoms with Gasteiger partial charge >= 0.3 is 0 Å². The standard InChI is InChI=1S/C16H25NO2S/c1-13-10-11-16(12-14(13)2)20(18,19)17(3)15-8-6-4-5-7-9-15/h10-12,15H,4-9H2,1-3H3. The average Bonchev–Trinajstić information content (AvgIpc) is 2.69. The summed E-state index contributed by atoms with van der Waals surface area (Å²) in [6, 6.07) is 5.57. The Labute approximate surface area is 123 Å². The van der Waals surface area contributed by atoms with E-state index in [1.807, 2.05) is 19.9 Å². The molecule has 0 aromatic heterocycles. The first kappa shape index (κ1) is 15.5. The van der Waals surface area contributed by atoms with Gasteiger partial charge in [-0.25, -0.2) is 8.42 Å². The highest BCUT2D eigenvalue weighted by atomic mass is 32.2.